The lowest BCUT2D eigenvalue weighted by molar-refractivity contribution is 0.318. The van der Waals surface area contributed by atoms with E-state index in [2.05, 4.69) is 41.2 Å². The number of hydrogen-bond donors (Lipinski definition) is 2. The number of anilines is 1. The van der Waals surface area contributed by atoms with E-state index in [1.54, 1.807) is 0 Å². The van der Waals surface area contributed by atoms with Gasteiger partial charge >= 0.3 is 0 Å². The van der Waals surface area contributed by atoms with E-state index in [1.165, 1.54) is 11.1 Å². The summed E-state index contributed by atoms with van der Waals surface area (Å²) >= 11 is 0. The van der Waals surface area contributed by atoms with Crippen LogP contribution in [0.1, 0.15) is 22.3 Å². The zero-order valence-corrected chi connectivity index (χ0v) is 12.7. The van der Waals surface area contributed by atoms with Gasteiger partial charge in [-0.05, 0) is 31.5 Å². The molecule has 0 aliphatic carbocycles. The first-order chi connectivity index (χ1) is 10.0. The number of hydrogen-bond acceptors (Lipinski definition) is 3. The van der Waals surface area contributed by atoms with Gasteiger partial charge in [0.05, 0.1) is 0 Å². The van der Waals surface area contributed by atoms with Crippen molar-refractivity contribution in [1.29, 1.82) is 0 Å². The quantitative estimate of drug-likeness (QED) is 0.392. The molecule has 0 amide bonds. The van der Waals surface area contributed by atoms with Crippen LogP contribution in [-0.4, -0.2) is 18.1 Å². The molecule has 0 bridgehead atoms. The maximum atomic E-state index is 8.96. The molecule has 21 heavy (non-hydrogen) atoms. The third kappa shape index (κ3) is 3.54. The molecule has 0 saturated carbocycles. The van der Waals surface area contributed by atoms with Gasteiger partial charge in [0.1, 0.15) is 0 Å². The maximum absolute atomic E-state index is 8.96. The van der Waals surface area contributed by atoms with E-state index >= 15 is 0 Å². The van der Waals surface area contributed by atoms with E-state index in [1.807, 2.05) is 32.2 Å². The minimum absolute atomic E-state index is 0.129. The average molecular weight is 283 g/mol. The summed E-state index contributed by atoms with van der Waals surface area (Å²) in [5.41, 5.74) is 11.0. The first kappa shape index (κ1) is 14.9. The minimum atomic E-state index is 0.129. The Hall–Kier alpha value is -2.49. The summed E-state index contributed by atoms with van der Waals surface area (Å²) in [7, 11) is 2.00. The Morgan fingerprint density at radius 3 is 2.52 bits per heavy atom. The highest BCUT2D eigenvalue weighted by atomic mass is 16.4. The molecule has 3 N–H and O–H groups in total. The van der Waals surface area contributed by atoms with Gasteiger partial charge in [-0.2, -0.15) is 0 Å². The second kappa shape index (κ2) is 6.31. The van der Waals surface area contributed by atoms with Crippen LogP contribution in [0.25, 0.3) is 0 Å². The van der Waals surface area contributed by atoms with Gasteiger partial charge < -0.3 is 15.8 Å². The van der Waals surface area contributed by atoms with Crippen LogP contribution in [0.2, 0.25) is 0 Å². The lowest BCUT2D eigenvalue weighted by atomic mass is 10.1. The van der Waals surface area contributed by atoms with Gasteiger partial charge in [0.15, 0.2) is 5.84 Å². The molecular weight excluding hydrogens is 262 g/mol. The zero-order valence-electron chi connectivity index (χ0n) is 12.7. The van der Waals surface area contributed by atoms with Crippen LogP contribution in [0.5, 0.6) is 0 Å². The summed E-state index contributed by atoms with van der Waals surface area (Å²) in [6.07, 6.45) is 0. The summed E-state index contributed by atoms with van der Waals surface area (Å²) < 4.78 is 0. The first-order valence-corrected chi connectivity index (χ1v) is 6.86. The molecule has 0 aliphatic rings. The van der Waals surface area contributed by atoms with E-state index in [0.29, 0.717) is 0 Å². The molecule has 2 aromatic carbocycles. The van der Waals surface area contributed by atoms with Crippen LogP contribution in [0.4, 0.5) is 5.69 Å². The summed E-state index contributed by atoms with van der Waals surface area (Å²) in [5.74, 6) is 0.129. The van der Waals surface area contributed by atoms with Crippen LogP contribution in [0.3, 0.4) is 0 Å². The lowest BCUT2D eigenvalue weighted by Gasteiger charge is -2.23. The summed E-state index contributed by atoms with van der Waals surface area (Å²) in [4.78, 5) is 2.10. The number of oxime groups is 1. The van der Waals surface area contributed by atoms with Crippen molar-refractivity contribution in [3.8, 4) is 0 Å². The Morgan fingerprint density at radius 1 is 1.14 bits per heavy atom. The highest BCUT2D eigenvalue weighted by Crippen LogP contribution is 2.22. The molecule has 110 valence electrons. The van der Waals surface area contributed by atoms with Crippen LogP contribution < -0.4 is 10.6 Å². The van der Waals surface area contributed by atoms with Crippen molar-refractivity contribution in [3.05, 3.63) is 64.7 Å². The SMILES string of the molecule is Cc1cccc(CN(C)c2ccc(C)cc2/C(N)=N/O)c1. The third-order valence-corrected chi connectivity index (χ3v) is 3.45. The Balaban J connectivity index is 2.33. The number of rotatable bonds is 4. The standard InChI is InChI=1S/C17H21N3O/c1-12-5-4-6-14(9-12)11-20(3)16-8-7-13(2)10-15(16)17(18)19-21/h4-10,21H,11H2,1-3H3,(H2,18,19). The van der Waals surface area contributed by atoms with Crippen molar-refractivity contribution in [2.45, 2.75) is 20.4 Å². The minimum Gasteiger partial charge on any atom is -0.409 e. The van der Waals surface area contributed by atoms with Crippen molar-refractivity contribution in [3.63, 3.8) is 0 Å². The van der Waals surface area contributed by atoms with Crippen molar-refractivity contribution >= 4 is 11.5 Å². The maximum Gasteiger partial charge on any atom is 0.172 e. The molecule has 0 saturated heterocycles. The van der Waals surface area contributed by atoms with Gasteiger partial charge in [-0.15, -0.1) is 0 Å². The Bertz CT molecular complexity index is 665. The molecule has 0 aromatic heterocycles. The summed E-state index contributed by atoms with van der Waals surface area (Å²) in [6.45, 7) is 4.83. The monoisotopic (exact) mass is 283 g/mol. The highest BCUT2D eigenvalue weighted by Gasteiger charge is 2.12. The smallest absolute Gasteiger partial charge is 0.172 e. The van der Waals surface area contributed by atoms with Gasteiger partial charge in [0, 0.05) is 24.8 Å². The number of amidine groups is 1. The molecule has 0 radical (unpaired) electrons. The number of nitrogens with two attached hydrogens (primary N) is 1. The van der Waals surface area contributed by atoms with Crippen molar-refractivity contribution in [2.24, 2.45) is 10.9 Å². The van der Waals surface area contributed by atoms with Crippen LogP contribution in [0.15, 0.2) is 47.6 Å². The molecule has 0 atom stereocenters. The van der Waals surface area contributed by atoms with Crippen molar-refractivity contribution in [2.75, 3.05) is 11.9 Å². The average Bonchev–Trinajstić information content (AvgIpc) is 2.46. The predicted octanol–water partition coefficient (Wildman–Crippen LogP) is 3.03. The van der Waals surface area contributed by atoms with E-state index in [9.17, 15) is 0 Å². The van der Waals surface area contributed by atoms with Crippen molar-refractivity contribution < 1.29 is 5.21 Å². The van der Waals surface area contributed by atoms with E-state index in [4.69, 9.17) is 10.9 Å². The molecule has 4 heteroatoms. The molecule has 0 fully saturated rings. The number of nitrogens with zero attached hydrogens (tertiary/aromatic N) is 2. The van der Waals surface area contributed by atoms with Crippen LogP contribution in [0, 0.1) is 13.8 Å². The van der Waals surface area contributed by atoms with Gasteiger partial charge in [-0.25, -0.2) is 0 Å². The molecule has 0 aliphatic heterocycles. The van der Waals surface area contributed by atoms with E-state index < -0.39 is 0 Å². The topological polar surface area (TPSA) is 61.8 Å². The normalized spacial score (nSPS) is 11.5. The fraction of sp³-hybridized carbons (Fsp3) is 0.235. The molecular formula is C17H21N3O. The molecule has 4 nitrogen and oxygen atoms in total. The molecule has 0 unspecified atom stereocenters. The zero-order chi connectivity index (χ0) is 15.4. The summed E-state index contributed by atoms with van der Waals surface area (Å²) in [6, 6.07) is 14.3. The van der Waals surface area contributed by atoms with Crippen molar-refractivity contribution in [1.82, 2.24) is 0 Å². The lowest BCUT2D eigenvalue weighted by Crippen LogP contribution is -2.22. The summed E-state index contributed by atoms with van der Waals surface area (Å²) in [5, 5.41) is 12.1. The first-order valence-electron chi connectivity index (χ1n) is 6.86. The Kier molecular flexibility index (Phi) is 4.48. The second-order valence-electron chi connectivity index (χ2n) is 5.35. The largest absolute Gasteiger partial charge is 0.409 e. The fourth-order valence-electron chi connectivity index (χ4n) is 2.41. The van der Waals surface area contributed by atoms with Gasteiger partial charge in [0.2, 0.25) is 0 Å². The molecule has 0 heterocycles. The predicted molar refractivity (Wildman–Crippen MR) is 87.0 cm³/mol. The second-order valence-corrected chi connectivity index (χ2v) is 5.35. The van der Waals surface area contributed by atoms with Gasteiger partial charge in [-0.1, -0.05) is 46.6 Å². The third-order valence-electron chi connectivity index (χ3n) is 3.45. The van der Waals surface area contributed by atoms with Crippen LogP contribution >= 0.6 is 0 Å². The van der Waals surface area contributed by atoms with E-state index in [-0.39, 0.29) is 5.84 Å². The highest BCUT2D eigenvalue weighted by molar-refractivity contribution is 6.02. The fourth-order valence-corrected chi connectivity index (χ4v) is 2.41. The Labute approximate surface area is 125 Å². The molecule has 0 spiro atoms. The van der Waals surface area contributed by atoms with Gasteiger partial charge in [0.25, 0.3) is 0 Å². The molecule has 2 aromatic rings. The van der Waals surface area contributed by atoms with Gasteiger partial charge in [-0.3, -0.25) is 0 Å². The molecule has 2 rings (SSSR count). The number of aryl methyl sites for hydroxylation is 2. The Morgan fingerprint density at radius 2 is 1.86 bits per heavy atom. The van der Waals surface area contributed by atoms with Crippen LogP contribution in [-0.2, 0) is 6.54 Å². The number of benzene rings is 2. The van der Waals surface area contributed by atoms with E-state index in [0.717, 1.165) is 23.4 Å².